The molecule has 2 amide bonds. The van der Waals surface area contributed by atoms with Crippen LogP contribution in [0.15, 0.2) is 15.9 Å². The van der Waals surface area contributed by atoms with E-state index in [0.29, 0.717) is 6.54 Å². The number of rotatable bonds is 2. The smallest absolute Gasteiger partial charge is 0.246 e. The van der Waals surface area contributed by atoms with E-state index in [1.54, 1.807) is 11.3 Å². The Kier molecular flexibility index (Phi) is 3.86. The van der Waals surface area contributed by atoms with Gasteiger partial charge in [0.2, 0.25) is 11.8 Å². The summed E-state index contributed by atoms with van der Waals surface area (Å²) in [7, 11) is 0. The molecule has 0 atom stereocenters. The van der Waals surface area contributed by atoms with Crippen LogP contribution in [-0.2, 0) is 16.1 Å². The van der Waals surface area contributed by atoms with Gasteiger partial charge in [-0.15, -0.1) is 11.3 Å². The number of halogens is 1. The van der Waals surface area contributed by atoms with Crippen LogP contribution in [-0.4, -0.2) is 28.8 Å². The predicted molar refractivity (Wildman–Crippen MR) is 81.4 cm³/mol. The fourth-order valence-electron chi connectivity index (χ4n) is 3.24. The molecule has 2 aliphatic rings. The predicted octanol–water partition coefficient (Wildman–Crippen LogP) is 2.67. The average Bonchev–Trinajstić information content (AvgIpc) is 2.86. The number of carbonyl (C=O) groups excluding carboxylic acids is 2. The van der Waals surface area contributed by atoms with Crippen LogP contribution >= 0.6 is 27.3 Å². The molecule has 20 heavy (non-hydrogen) atoms. The van der Waals surface area contributed by atoms with Gasteiger partial charge in [0, 0.05) is 4.88 Å². The Hall–Kier alpha value is -0.880. The number of hydrogen-bond donors (Lipinski definition) is 1. The van der Waals surface area contributed by atoms with Crippen molar-refractivity contribution in [1.29, 1.82) is 0 Å². The number of amides is 2. The molecule has 2 fully saturated rings. The van der Waals surface area contributed by atoms with Crippen molar-refractivity contribution >= 4 is 39.1 Å². The maximum absolute atomic E-state index is 12.4. The van der Waals surface area contributed by atoms with E-state index in [9.17, 15) is 9.59 Å². The van der Waals surface area contributed by atoms with Crippen LogP contribution in [0.1, 0.15) is 37.0 Å². The fourth-order valence-corrected chi connectivity index (χ4v) is 4.72. The van der Waals surface area contributed by atoms with Crippen molar-refractivity contribution < 1.29 is 9.59 Å². The SMILES string of the molecule is O=C1CNC(=O)C2(CCCCC2)N1Cc1ccc(Br)s1. The minimum absolute atomic E-state index is 0.0346. The van der Waals surface area contributed by atoms with Crippen LogP contribution in [0.5, 0.6) is 0 Å². The molecule has 0 aromatic carbocycles. The van der Waals surface area contributed by atoms with Crippen LogP contribution in [0.2, 0.25) is 0 Å². The molecule has 0 unspecified atom stereocenters. The summed E-state index contributed by atoms with van der Waals surface area (Å²) in [5.74, 6) is 0.0726. The normalized spacial score (nSPS) is 22.1. The monoisotopic (exact) mass is 356 g/mol. The number of piperazine rings is 1. The largest absolute Gasteiger partial charge is 0.345 e. The van der Waals surface area contributed by atoms with Gasteiger partial charge in [-0.05, 0) is 40.9 Å². The van der Waals surface area contributed by atoms with Crippen LogP contribution in [0.3, 0.4) is 0 Å². The van der Waals surface area contributed by atoms with Gasteiger partial charge in [0.15, 0.2) is 0 Å². The van der Waals surface area contributed by atoms with Crippen molar-refractivity contribution in [3.8, 4) is 0 Å². The Bertz CT molecular complexity index is 537. The van der Waals surface area contributed by atoms with Crippen molar-refractivity contribution in [2.75, 3.05) is 6.54 Å². The summed E-state index contributed by atoms with van der Waals surface area (Å²) in [5.41, 5.74) is -0.607. The fraction of sp³-hybridized carbons (Fsp3) is 0.571. The Balaban J connectivity index is 1.90. The van der Waals surface area contributed by atoms with Crippen LogP contribution in [0.4, 0.5) is 0 Å². The van der Waals surface area contributed by atoms with Crippen LogP contribution in [0, 0.1) is 0 Å². The lowest BCUT2D eigenvalue weighted by molar-refractivity contribution is -0.157. The van der Waals surface area contributed by atoms with E-state index in [0.717, 1.165) is 40.8 Å². The standard InChI is InChI=1S/C14H17BrN2O2S/c15-11-5-4-10(20-11)9-17-12(18)8-16-13(19)14(17)6-2-1-3-7-14/h4-5H,1-3,6-9H2,(H,16,19). The minimum Gasteiger partial charge on any atom is -0.345 e. The molecule has 1 spiro atoms. The molecule has 2 heterocycles. The first-order chi connectivity index (χ1) is 9.62. The second kappa shape index (κ2) is 5.48. The molecule has 0 radical (unpaired) electrons. The molecule has 1 aliphatic heterocycles. The Morgan fingerprint density at radius 2 is 2.00 bits per heavy atom. The second-order valence-electron chi connectivity index (χ2n) is 5.46. The molecule has 1 saturated carbocycles. The molecule has 1 aromatic heterocycles. The molecule has 1 N–H and O–H groups in total. The maximum atomic E-state index is 12.4. The number of hydrogen-bond acceptors (Lipinski definition) is 3. The summed E-state index contributed by atoms with van der Waals surface area (Å²) in [4.78, 5) is 27.7. The van der Waals surface area contributed by atoms with Gasteiger partial charge in [-0.2, -0.15) is 0 Å². The average molecular weight is 357 g/mol. The highest BCUT2D eigenvalue weighted by molar-refractivity contribution is 9.11. The highest BCUT2D eigenvalue weighted by Crippen LogP contribution is 2.37. The Morgan fingerprint density at radius 1 is 1.25 bits per heavy atom. The summed E-state index contributed by atoms with van der Waals surface area (Å²) >= 11 is 5.07. The minimum atomic E-state index is -0.607. The van der Waals surface area contributed by atoms with Gasteiger partial charge in [0.05, 0.1) is 16.9 Å². The van der Waals surface area contributed by atoms with Crippen LogP contribution < -0.4 is 5.32 Å². The van der Waals surface area contributed by atoms with E-state index in [4.69, 9.17) is 0 Å². The molecule has 3 rings (SSSR count). The highest BCUT2D eigenvalue weighted by atomic mass is 79.9. The lowest BCUT2D eigenvalue weighted by Gasteiger charge is -2.47. The molecular weight excluding hydrogens is 340 g/mol. The van der Waals surface area contributed by atoms with Crippen molar-refractivity contribution in [2.24, 2.45) is 0 Å². The lowest BCUT2D eigenvalue weighted by atomic mass is 9.78. The number of carbonyl (C=O) groups is 2. The molecule has 1 aliphatic carbocycles. The van der Waals surface area contributed by atoms with Crippen molar-refractivity contribution in [2.45, 2.75) is 44.2 Å². The zero-order valence-corrected chi connectivity index (χ0v) is 13.6. The van der Waals surface area contributed by atoms with E-state index >= 15 is 0 Å². The zero-order valence-electron chi connectivity index (χ0n) is 11.2. The molecule has 1 saturated heterocycles. The third kappa shape index (κ3) is 2.39. The van der Waals surface area contributed by atoms with Gasteiger partial charge in [0.25, 0.3) is 0 Å². The van der Waals surface area contributed by atoms with Gasteiger partial charge in [-0.1, -0.05) is 19.3 Å². The second-order valence-corrected chi connectivity index (χ2v) is 8.01. The Labute approximate surface area is 130 Å². The van der Waals surface area contributed by atoms with Gasteiger partial charge in [0.1, 0.15) is 5.54 Å². The van der Waals surface area contributed by atoms with Crippen LogP contribution in [0.25, 0.3) is 0 Å². The van der Waals surface area contributed by atoms with E-state index in [2.05, 4.69) is 21.2 Å². The molecule has 6 heteroatoms. The molecule has 4 nitrogen and oxygen atoms in total. The third-order valence-corrected chi connectivity index (χ3v) is 5.87. The Morgan fingerprint density at radius 3 is 2.65 bits per heavy atom. The van der Waals surface area contributed by atoms with Crippen molar-refractivity contribution in [1.82, 2.24) is 10.2 Å². The van der Waals surface area contributed by atoms with E-state index in [1.807, 2.05) is 17.0 Å². The summed E-state index contributed by atoms with van der Waals surface area (Å²) < 4.78 is 1.05. The molecule has 0 bridgehead atoms. The number of nitrogens with zero attached hydrogens (tertiary/aromatic N) is 1. The van der Waals surface area contributed by atoms with E-state index < -0.39 is 5.54 Å². The summed E-state index contributed by atoms with van der Waals surface area (Å²) in [6, 6.07) is 4.01. The molecule has 108 valence electrons. The van der Waals surface area contributed by atoms with E-state index in [-0.39, 0.29) is 18.4 Å². The summed E-state index contributed by atoms with van der Waals surface area (Å²) in [6.07, 6.45) is 4.77. The number of thiophene rings is 1. The van der Waals surface area contributed by atoms with Gasteiger partial charge in [-0.3, -0.25) is 9.59 Å². The first kappa shape index (κ1) is 14.1. The quantitative estimate of drug-likeness (QED) is 0.885. The first-order valence-electron chi connectivity index (χ1n) is 6.95. The van der Waals surface area contributed by atoms with Gasteiger partial charge in [-0.25, -0.2) is 0 Å². The summed E-state index contributed by atoms with van der Waals surface area (Å²) in [6.45, 7) is 0.676. The summed E-state index contributed by atoms with van der Waals surface area (Å²) in [5, 5.41) is 2.78. The zero-order chi connectivity index (χ0) is 14.2. The maximum Gasteiger partial charge on any atom is 0.246 e. The van der Waals surface area contributed by atoms with Crippen molar-refractivity contribution in [3.63, 3.8) is 0 Å². The third-order valence-electron chi connectivity index (χ3n) is 4.26. The first-order valence-corrected chi connectivity index (χ1v) is 8.56. The molecule has 1 aromatic rings. The number of nitrogens with one attached hydrogen (secondary N) is 1. The highest BCUT2D eigenvalue weighted by Gasteiger charge is 2.49. The van der Waals surface area contributed by atoms with Gasteiger partial charge < -0.3 is 10.2 Å². The van der Waals surface area contributed by atoms with Gasteiger partial charge >= 0.3 is 0 Å². The topological polar surface area (TPSA) is 49.4 Å². The van der Waals surface area contributed by atoms with Crippen molar-refractivity contribution in [3.05, 3.63) is 20.8 Å². The molecular formula is C14H17BrN2O2S. The lowest BCUT2D eigenvalue weighted by Crippen LogP contribution is -2.67. The van der Waals surface area contributed by atoms with E-state index in [1.165, 1.54) is 0 Å².